The topological polar surface area (TPSA) is 58.6 Å². The standard InChI is InChI=1S/C30H34Cl2N2O3/c1-3-22(2)33-30(36)28(20-23-8-5-4-6-9-23)34(21-24-11-13-25(31)14-12-24)29(35)10-7-19-37-27-17-15-26(32)16-18-27/h4-6,8-9,11-18,22,28H,3,7,10,19-21H2,1-2H3,(H,33,36)/t22-,28-/m0/s1. The number of hydrogen-bond acceptors (Lipinski definition) is 3. The van der Waals surface area contributed by atoms with Crippen molar-refractivity contribution >= 4 is 35.0 Å². The Kier molecular flexibility index (Phi) is 11.3. The summed E-state index contributed by atoms with van der Waals surface area (Å²) in [5.74, 6) is 0.442. The lowest BCUT2D eigenvalue weighted by Gasteiger charge is -2.32. The molecule has 196 valence electrons. The summed E-state index contributed by atoms with van der Waals surface area (Å²) in [5.41, 5.74) is 1.90. The van der Waals surface area contributed by atoms with Gasteiger partial charge >= 0.3 is 0 Å². The maximum atomic E-state index is 13.6. The lowest BCUT2D eigenvalue weighted by atomic mass is 10.0. The van der Waals surface area contributed by atoms with Gasteiger partial charge in [0, 0.05) is 35.5 Å². The fourth-order valence-corrected chi connectivity index (χ4v) is 4.12. The SMILES string of the molecule is CC[C@H](C)NC(=O)[C@H](Cc1ccccc1)N(Cc1ccc(Cl)cc1)C(=O)CCCOc1ccc(Cl)cc1. The van der Waals surface area contributed by atoms with Gasteiger partial charge < -0.3 is 15.0 Å². The lowest BCUT2D eigenvalue weighted by Crippen LogP contribution is -2.52. The molecule has 0 saturated carbocycles. The van der Waals surface area contributed by atoms with E-state index in [9.17, 15) is 9.59 Å². The number of amides is 2. The lowest BCUT2D eigenvalue weighted by molar-refractivity contribution is -0.141. The van der Waals surface area contributed by atoms with Crippen molar-refractivity contribution in [1.29, 1.82) is 0 Å². The van der Waals surface area contributed by atoms with Gasteiger partial charge in [-0.1, -0.05) is 72.6 Å². The number of nitrogens with zero attached hydrogens (tertiary/aromatic N) is 1. The Morgan fingerprint density at radius 2 is 1.51 bits per heavy atom. The minimum atomic E-state index is -0.656. The van der Waals surface area contributed by atoms with Gasteiger partial charge in [0.25, 0.3) is 0 Å². The first kappa shape index (κ1) is 28.5. The molecule has 2 amide bonds. The third kappa shape index (κ3) is 9.42. The smallest absolute Gasteiger partial charge is 0.243 e. The molecule has 0 fully saturated rings. The van der Waals surface area contributed by atoms with E-state index in [-0.39, 0.29) is 24.3 Å². The summed E-state index contributed by atoms with van der Waals surface area (Å²) >= 11 is 12.0. The molecule has 0 spiro atoms. The normalized spacial score (nSPS) is 12.4. The quantitative estimate of drug-likeness (QED) is 0.245. The molecule has 0 aliphatic rings. The van der Waals surface area contributed by atoms with Gasteiger partial charge in [-0.25, -0.2) is 0 Å². The maximum Gasteiger partial charge on any atom is 0.243 e. The van der Waals surface area contributed by atoms with Crippen molar-refractivity contribution in [2.45, 2.75) is 58.2 Å². The number of carbonyl (C=O) groups is 2. The second kappa shape index (κ2) is 14.7. The molecule has 0 unspecified atom stereocenters. The number of rotatable bonds is 13. The van der Waals surface area contributed by atoms with E-state index in [0.717, 1.165) is 17.5 Å². The van der Waals surface area contributed by atoms with Gasteiger partial charge in [-0.15, -0.1) is 0 Å². The van der Waals surface area contributed by atoms with E-state index in [4.69, 9.17) is 27.9 Å². The first-order valence-electron chi connectivity index (χ1n) is 12.6. The molecular formula is C30H34Cl2N2O3. The van der Waals surface area contributed by atoms with Crippen molar-refractivity contribution in [3.8, 4) is 5.75 Å². The van der Waals surface area contributed by atoms with Crippen LogP contribution in [0.3, 0.4) is 0 Å². The first-order chi connectivity index (χ1) is 17.9. The van der Waals surface area contributed by atoms with E-state index in [1.165, 1.54) is 0 Å². The second-order valence-electron chi connectivity index (χ2n) is 9.08. The predicted molar refractivity (Wildman–Crippen MR) is 150 cm³/mol. The summed E-state index contributed by atoms with van der Waals surface area (Å²) in [7, 11) is 0. The molecule has 0 heterocycles. The minimum absolute atomic E-state index is 0.00559. The first-order valence-corrected chi connectivity index (χ1v) is 13.4. The molecule has 3 rings (SSSR count). The Labute approximate surface area is 229 Å². The van der Waals surface area contributed by atoms with Crippen LogP contribution in [0.5, 0.6) is 5.75 Å². The highest BCUT2D eigenvalue weighted by atomic mass is 35.5. The maximum absolute atomic E-state index is 13.6. The van der Waals surface area contributed by atoms with Crippen LogP contribution in [0.25, 0.3) is 0 Å². The van der Waals surface area contributed by atoms with Gasteiger partial charge in [-0.05, 0) is 67.3 Å². The van der Waals surface area contributed by atoms with Gasteiger partial charge in [-0.3, -0.25) is 9.59 Å². The number of halogens is 2. The Hall–Kier alpha value is -3.02. The van der Waals surface area contributed by atoms with Crippen molar-refractivity contribution in [2.75, 3.05) is 6.61 Å². The highest BCUT2D eigenvalue weighted by Crippen LogP contribution is 2.19. The van der Waals surface area contributed by atoms with Crippen LogP contribution in [0.2, 0.25) is 10.0 Å². The van der Waals surface area contributed by atoms with Crippen LogP contribution < -0.4 is 10.1 Å². The highest BCUT2D eigenvalue weighted by Gasteiger charge is 2.30. The number of nitrogens with one attached hydrogen (secondary N) is 1. The number of hydrogen-bond donors (Lipinski definition) is 1. The molecule has 3 aromatic rings. The van der Waals surface area contributed by atoms with Gasteiger partial charge in [0.15, 0.2) is 0 Å². The zero-order valence-electron chi connectivity index (χ0n) is 21.3. The van der Waals surface area contributed by atoms with E-state index >= 15 is 0 Å². The highest BCUT2D eigenvalue weighted by molar-refractivity contribution is 6.30. The van der Waals surface area contributed by atoms with Crippen LogP contribution in [0.4, 0.5) is 0 Å². The molecule has 1 N–H and O–H groups in total. The van der Waals surface area contributed by atoms with Crippen molar-refractivity contribution < 1.29 is 14.3 Å². The van der Waals surface area contributed by atoms with E-state index in [2.05, 4.69) is 5.32 Å². The molecule has 37 heavy (non-hydrogen) atoms. The average molecular weight is 542 g/mol. The van der Waals surface area contributed by atoms with Crippen LogP contribution in [0.15, 0.2) is 78.9 Å². The molecule has 0 aromatic heterocycles. The van der Waals surface area contributed by atoms with Crippen molar-refractivity contribution in [3.63, 3.8) is 0 Å². The van der Waals surface area contributed by atoms with E-state index < -0.39 is 6.04 Å². The molecule has 0 radical (unpaired) electrons. The summed E-state index contributed by atoms with van der Waals surface area (Å²) in [6.07, 6.45) is 1.99. The Morgan fingerprint density at radius 3 is 2.14 bits per heavy atom. The van der Waals surface area contributed by atoms with Crippen molar-refractivity contribution in [2.24, 2.45) is 0 Å². The fourth-order valence-electron chi connectivity index (χ4n) is 3.87. The van der Waals surface area contributed by atoms with Crippen LogP contribution in [0, 0.1) is 0 Å². The van der Waals surface area contributed by atoms with Crippen LogP contribution in [-0.4, -0.2) is 35.4 Å². The van der Waals surface area contributed by atoms with E-state index in [1.54, 1.807) is 41.3 Å². The van der Waals surface area contributed by atoms with E-state index in [1.807, 2.05) is 56.3 Å². The Bertz CT molecular complexity index is 1120. The summed E-state index contributed by atoms with van der Waals surface area (Å²) < 4.78 is 5.77. The number of ether oxygens (including phenoxy) is 1. The molecule has 0 saturated heterocycles. The average Bonchev–Trinajstić information content (AvgIpc) is 2.91. The van der Waals surface area contributed by atoms with Crippen molar-refractivity contribution in [3.05, 3.63) is 100 Å². The zero-order chi connectivity index (χ0) is 26.6. The van der Waals surface area contributed by atoms with Gasteiger partial charge in [-0.2, -0.15) is 0 Å². The van der Waals surface area contributed by atoms with E-state index in [0.29, 0.717) is 41.8 Å². The Balaban J connectivity index is 1.78. The third-order valence-electron chi connectivity index (χ3n) is 6.16. The molecule has 2 atom stereocenters. The van der Waals surface area contributed by atoms with Crippen molar-refractivity contribution in [1.82, 2.24) is 10.2 Å². The number of carbonyl (C=O) groups excluding carboxylic acids is 2. The van der Waals surface area contributed by atoms with Gasteiger partial charge in [0.1, 0.15) is 11.8 Å². The molecule has 7 heteroatoms. The molecule has 0 aliphatic carbocycles. The van der Waals surface area contributed by atoms with Crippen LogP contribution in [0.1, 0.15) is 44.2 Å². The fraction of sp³-hybridized carbons (Fsp3) is 0.333. The molecule has 3 aromatic carbocycles. The van der Waals surface area contributed by atoms with Crippen LogP contribution >= 0.6 is 23.2 Å². The Morgan fingerprint density at radius 1 is 0.892 bits per heavy atom. The minimum Gasteiger partial charge on any atom is -0.494 e. The third-order valence-corrected chi connectivity index (χ3v) is 6.66. The summed E-state index contributed by atoms with van der Waals surface area (Å²) in [5, 5.41) is 4.34. The zero-order valence-corrected chi connectivity index (χ0v) is 22.8. The molecular weight excluding hydrogens is 507 g/mol. The summed E-state index contributed by atoms with van der Waals surface area (Å²) in [6, 6.07) is 23.6. The van der Waals surface area contributed by atoms with Crippen LogP contribution in [-0.2, 0) is 22.6 Å². The molecule has 0 bridgehead atoms. The largest absolute Gasteiger partial charge is 0.494 e. The monoisotopic (exact) mass is 540 g/mol. The number of benzene rings is 3. The molecule has 5 nitrogen and oxygen atoms in total. The predicted octanol–water partition coefficient (Wildman–Crippen LogP) is 6.71. The van der Waals surface area contributed by atoms with Gasteiger partial charge in [0.05, 0.1) is 6.61 Å². The second-order valence-corrected chi connectivity index (χ2v) is 9.95. The molecule has 0 aliphatic heterocycles. The summed E-state index contributed by atoms with van der Waals surface area (Å²) in [4.78, 5) is 28.8. The summed E-state index contributed by atoms with van der Waals surface area (Å²) in [6.45, 7) is 4.68. The van der Waals surface area contributed by atoms with Gasteiger partial charge in [0.2, 0.25) is 11.8 Å².